The van der Waals surface area contributed by atoms with Crippen LogP contribution < -0.4 is 5.32 Å². The molecule has 0 fully saturated rings. The Labute approximate surface area is 176 Å². The molecule has 6 heteroatoms. The van der Waals surface area contributed by atoms with Gasteiger partial charge in [0.2, 0.25) is 5.91 Å². The van der Waals surface area contributed by atoms with Gasteiger partial charge in [0.05, 0.1) is 11.4 Å². The Balaban J connectivity index is 1.44. The second-order valence-corrected chi connectivity index (χ2v) is 8.11. The Bertz CT molecular complexity index is 1090. The summed E-state index contributed by atoms with van der Waals surface area (Å²) in [5.41, 5.74) is 4.05. The van der Waals surface area contributed by atoms with Crippen LogP contribution in [0, 0.1) is 0 Å². The highest BCUT2D eigenvalue weighted by molar-refractivity contribution is 9.10. The largest absolute Gasteiger partial charge is 0.350 e. The van der Waals surface area contributed by atoms with Gasteiger partial charge in [-0.25, -0.2) is 4.98 Å². The van der Waals surface area contributed by atoms with Crippen molar-refractivity contribution in [2.45, 2.75) is 13.1 Å². The number of hydrogen-bond donors (Lipinski definition) is 1. The van der Waals surface area contributed by atoms with E-state index in [1.165, 1.54) is 0 Å². The normalized spacial score (nSPS) is 10.8. The predicted molar refractivity (Wildman–Crippen MR) is 117 cm³/mol. The molecule has 0 saturated heterocycles. The molecule has 4 aromatic rings. The van der Waals surface area contributed by atoms with Crippen LogP contribution >= 0.6 is 27.3 Å². The number of aromatic nitrogens is 2. The molecular formula is C22H18BrN3OS. The lowest BCUT2D eigenvalue weighted by atomic mass is 10.2. The molecular weight excluding hydrogens is 434 g/mol. The summed E-state index contributed by atoms with van der Waals surface area (Å²) < 4.78 is 2.94. The molecule has 2 aromatic carbocycles. The van der Waals surface area contributed by atoms with Crippen LogP contribution in [0.3, 0.4) is 0 Å². The topological polar surface area (TPSA) is 46.9 Å². The van der Waals surface area contributed by atoms with Gasteiger partial charge in [0.15, 0.2) is 0 Å². The minimum atomic E-state index is -0.0303. The van der Waals surface area contributed by atoms with Gasteiger partial charge in [-0.2, -0.15) is 0 Å². The second-order valence-electron chi connectivity index (χ2n) is 6.33. The smallest absolute Gasteiger partial charge is 0.240 e. The van der Waals surface area contributed by atoms with Crippen molar-refractivity contribution in [3.63, 3.8) is 0 Å². The molecule has 4 rings (SSSR count). The van der Waals surface area contributed by atoms with Crippen LogP contribution in [0.5, 0.6) is 0 Å². The lowest BCUT2D eigenvalue weighted by Crippen LogP contribution is -2.27. The van der Waals surface area contributed by atoms with Crippen molar-refractivity contribution in [2.75, 3.05) is 0 Å². The van der Waals surface area contributed by atoms with Crippen molar-refractivity contribution in [1.82, 2.24) is 14.9 Å². The third-order valence-corrected chi connectivity index (χ3v) is 5.67. The maximum absolute atomic E-state index is 12.4. The van der Waals surface area contributed by atoms with E-state index in [0.29, 0.717) is 6.54 Å². The van der Waals surface area contributed by atoms with Crippen LogP contribution in [0.4, 0.5) is 0 Å². The number of carbonyl (C=O) groups is 1. The van der Waals surface area contributed by atoms with Gasteiger partial charge >= 0.3 is 0 Å². The Morgan fingerprint density at radius 2 is 1.93 bits per heavy atom. The van der Waals surface area contributed by atoms with Crippen molar-refractivity contribution in [3.05, 3.63) is 88.3 Å². The van der Waals surface area contributed by atoms with Crippen LogP contribution in [0.1, 0.15) is 5.56 Å². The summed E-state index contributed by atoms with van der Waals surface area (Å²) in [4.78, 5) is 17.2. The molecule has 1 amide bonds. The van der Waals surface area contributed by atoms with E-state index in [4.69, 9.17) is 4.98 Å². The van der Waals surface area contributed by atoms with Crippen molar-refractivity contribution < 1.29 is 4.79 Å². The first-order valence-corrected chi connectivity index (χ1v) is 10.5. The summed E-state index contributed by atoms with van der Waals surface area (Å²) >= 11 is 5.04. The van der Waals surface area contributed by atoms with Gasteiger partial charge in [0.25, 0.3) is 0 Å². The number of nitrogens with zero attached hydrogens (tertiary/aromatic N) is 2. The van der Waals surface area contributed by atoms with Crippen LogP contribution in [-0.2, 0) is 17.9 Å². The Kier molecular flexibility index (Phi) is 5.69. The molecule has 0 bridgehead atoms. The van der Waals surface area contributed by atoms with Gasteiger partial charge in [0.1, 0.15) is 11.6 Å². The summed E-state index contributed by atoms with van der Waals surface area (Å²) in [6.45, 7) is 0.765. The summed E-state index contributed by atoms with van der Waals surface area (Å²) in [6.07, 6.45) is 1.91. The molecule has 28 heavy (non-hydrogen) atoms. The molecule has 0 saturated carbocycles. The molecule has 4 nitrogen and oxygen atoms in total. The molecule has 0 spiro atoms. The van der Waals surface area contributed by atoms with Crippen LogP contribution in [0.25, 0.3) is 22.0 Å². The quantitative estimate of drug-likeness (QED) is 0.428. The average molecular weight is 452 g/mol. The number of benzene rings is 2. The first-order valence-electron chi connectivity index (χ1n) is 8.86. The second kappa shape index (κ2) is 8.54. The van der Waals surface area contributed by atoms with E-state index in [1.54, 1.807) is 11.3 Å². The lowest BCUT2D eigenvalue weighted by molar-refractivity contribution is -0.121. The lowest BCUT2D eigenvalue weighted by Gasteiger charge is -2.09. The van der Waals surface area contributed by atoms with Crippen molar-refractivity contribution in [3.8, 4) is 22.0 Å². The van der Waals surface area contributed by atoms with Gasteiger partial charge in [-0.15, -0.1) is 11.3 Å². The van der Waals surface area contributed by atoms with Gasteiger partial charge in [0, 0.05) is 28.2 Å². The first kappa shape index (κ1) is 18.7. The number of rotatable bonds is 6. The van der Waals surface area contributed by atoms with Crippen molar-refractivity contribution in [2.24, 2.45) is 0 Å². The third-order valence-electron chi connectivity index (χ3n) is 4.32. The Hall–Kier alpha value is -2.70. The molecule has 0 aliphatic carbocycles. The number of halogens is 1. The van der Waals surface area contributed by atoms with E-state index in [1.807, 2.05) is 77.5 Å². The van der Waals surface area contributed by atoms with E-state index >= 15 is 0 Å². The van der Waals surface area contributed by atoms with Crippen LogP contribution in [0.15, 0.2) is 82.8 Å². The van der Waals surface area contributed by atoms with Gasteiger partial charge in [-0.1, -0.05) is 58.4 Å². The highest BCUT2D eigenvalue weighted by atomic mass is 79.9. The Morgan fingerprint density at radius 3 is 2.75 bits per heavy atom. The fourth-order valence-electron chi connectivity index (χ4n) is 2.94. The summed E-state index contributed by atoms with van der Waals surface area (Å²) in [7, 11) is 0. The average Bonchev–Trinajstić information content (AvgIpc) is 3.36. The highest BCUT2D eigenvalue weighted by Crippen LogP contribution is 2.29. The maximum Gasteiger partial charge on any atom is 0.240 e. The Morgan fingerprint density at radius 1 is 1.07 bits per heavy atom. The number of nitrogens with one attached hydrogen (secondary N) is 1. The molecule has 140 valence electrons. The number of hydrogen-bond acceptors (Lipinski definition) is 3. The minimum Gasteiger partial charge on any atom is -0.350 e. The third kappa shape index (κ3) is 4.40. The monoisotopic (exact) mass is 451 g/mol. The maximum atomic E-state index is 12.4. The van der Waals surface area contributed by atoms with Gasteiger partial charge in [-0.05, 0) is 29.8 Å². The molecule has 0 aliphatic rings. The minimum absolute atomic E-state index is 0.0303. The molecule has 0 atom stereocenters. The number of thiazole rings is 1. The molecule has 2 heterocycles. The molecule has 0 aliphatic heterocycles. The van der Waals surface area contributed by atoms with E-state index < -0.39 is 0 Å². The van der Waals surface area contributed by atoms with Crippen LogP contribution in [0.2, 0.25) is 0 Å². The number of amides is 1. The predicted octanol–water partition coefficient (Wildman–Crippen LogP) is 5.36. The molecule has 0 radical (unpaired) electrons. The van der Waals surface area contributed by atoms with Gasteiger partial charge in [-0.3, -0.25) is 4.79 Å². The fourth-order valence-corrected chi connectivity index (χ4v) is 4.25. The van der Waals surface area contributed by atoms with Crippen molar-refractivity contribution in [1.29, 1.82) is 0 Å². The van der Waals surface area contributed by atoms with E-state index in [9.17, 15) is 4.79 Å². The molecule has 2 aromatic heterocycles. The zero-order chi connectivity index (χ0) is 19.3. The summed E-state index contributed by atoms with van der Waals surface area (Å²) in [5.74, 6) is -0.0303. The standard InChI is InChI=1S/C22H18BrN3OS/c23-18-9-4-6-16(12-18)13-24-21(27)14-26-11-5-10-20(26)22-25-19(15-28-22)17-7-2-1-3-8-17/h1-12,15H,13-14H2,(H,24,27). The zero-order valence-corrected chi connectivity index (χ0v) is 17.4. The van der Waals surface area contributed by atoms with Crippen LogP contribution in [-0.4, -0.2) is 15.5 Å². The first-order chi connectivity index (χ1) is 13.7. The molecule has 0 unspecified atom stereocenters. The highest BCUT2D eigenvalue weighted by Gasteiger charge is 2.12. The van der Waals surface area contributed by atoms with Gasteiger partial charge < -0.3 is 9.88 Å². The van der Waals surface area contributed by atoms with Crippen molar-refractivity contribution >= 4 is 33.2 Å². The fraction of sp³-hybridized carbons (Fsp3) is 0.0909. The summed E-state index contributed by atoms with van der Waals surface area (Å²) in [5, 5.41) is 5.93. The van der Waals surface area contributed by atoms with E-state index in [0.717, 1.165) is 32.0 Å². The summed E-state index contributed by atoms with van der Waals surface area (Å²) in [6, 6.07) is 22.0. The van der Waals surface area contributed by atoms with E-state index in [-0.39, 0.29) is 12.5 Å². The van der Waals surface area contributed by atoms with E-state index in [2.05, 4.69) is 26.6 Å². The zero-order valence-electron chi connectivity index (χ0n) is 15.0. The number of carbonyl (C=O) groups excluding carboxylic acids is 1. The SMILES string of the molecule is O=C(Cn1cccc1-c1nc(-c2ccccc2)cs1)NCc1cccc(Br)c1. The molecule has 1 N–H and O–H groups in total.